The van der Waals surface area contributed by atoms with Crippen molar-refractivity contribution in [1.29, 1.82) is 0 Å². The minimum atomic E-state index is -0.367. The van der Waals surface area contributed by atoms with Gasteiger partial charge in [0.1, 0.15) is 5.69 Å². The zero-order valence-electron chi connectivity index (χ0n) is 10.3. The number of aryl methyl sites for hydroxylation is 2. The van der Waals surface area contributed by atoms with Gasteiger partial charge >= 0.3 is 5.69 Å². The molecule has 0 aromatic carbocycles. The molecule has 0 fully saturated rings. The van der Waals surface area contributed by atoms with Gasteiger partial charge in [-0.05, 0) is 12.8 Å². The average Bonchev–Trinajstić information content (AvgIpc) is 2.56. The van der Waals surface area contributed by atoms with Gasteiger partial charge in [0.05, 0.1) is 4.92 Å². The Bertz CT molecular complexity index is 412. The van der Waals surface area contributed by atoms with Crippen LogP contribution in [-0.4, -0.2) is 21.2 Å². The zero-order chi connectivity index (χ0) is 12.8. The Kier molecular flexibility index (Phi) is 4.68. The maximum absolute atomic E-state index is 11.1. The number of rotatable bonds is 7. The summed E-state index contributed by atoms with van der Waals surface area (Å²) < 4.78 is 1.53. The third kappa shape index (κ3) is 3.05. The van der Waals surface area contributed by atoms with Crippen molar-refractivity contribution in [3.63, 3.8) is 0 Å². The first-order valence-corrected chi connectivity index (χ1v) is 5.66. The molecule has 1 N–H and O–H groups in total. The monoisotopic (exact) mass is 238 g/mol. The van der Waals surface area contributed by atoms with Crippen molar-refractivity contribution in [3.8, 4) is 0 Å². The van der Waals surface area contributed by atoms with Crippen LogP contribution in [0.5, 0.6) is 0 Å². The first-order chi connectivity index (χ1) is 8.11. The summed E-state index contributed by atoms with van der Waals surface area (Å²) in [7, 11) is 1.71. The van der Waals surface area contributed by atoms with E-state index < -0.39 is 0 Å². The van der Waals surface area contributed by atoms with Crippen molar-refractivity contribution >= 4 is 11.5 Å². The van der Waals surface area contributed by atoms with Crippen LogP contribution in [0.1, 0.15) is 25.5 Å². The molecule has 1 aromatic heterocycles. The number of hydrogen-bond donors (Lipinski definition) is 1. The molecule has 0 atom stereocenters. The molecule has 0 aliphatic heterocycles. The van der Waals surface area contributed by atoms with Crippen molar-refractivity contribution in [3.05, 3.63) is 28.5 Å². The molecule has 0 aliphatic carbocycles. The van der Waals surface area contributed by atoms with Crippen molar-refractivity contribution in [2.45, 2.75) is 26.2 Å². The summed E-state index contributed by atoms with van der Waals surface area (Å²) in [6.07, 6.45) is 3.98. The van der Waals surface area contributed by atoms with E-state index in [-0.39, 0.29) is 10.6 Å². The SMILES string of the molecule is C=CCCNc1c([N+](=O)[O-])c(CCC)nn1C. The Morgan fingerprint density at radius 3 is 2.88 bits per heavy atom. The number of anilines is 1. The lowest BCUT2D eigenvalue weighted by atomic mass is 10.2. The van der Waals surface area contributed by atoms with Gasteiger partial charge < -0.3 is 5.32 Å². The van der Waals surface area contributed by atoms with Crippen LogP contribution < -0.4 is 5.32 Å². The molecule has 0 aliphatic rings. The highest BCUT2D eigenvalue weighted by atomic mass is 16.6. The van der Waals surface area contributed by atoms with Crippen LogP contribution in [0.15, 0.2) is 12.7 Å². The highest BCUT2D eigenvalue weighted by molar-refractivity contribution is 5.59. The van der Waals surface area contributed by atoms with Gasteiger partial charge in [0.25, 0.3) is 0 Å². The van der Waals surface area contributed by atoms with Gasteiger partial charge in [-0.2, -0.15) is 5.10 Å². The lowest BCUT2D eigenvalue weighted by molar-refractivity contribution is -0.384. The third-order valence-electron chi connectivity index (χ3n) is 2.40. The maximum atomic E-state index is 11.1. The molecular weight excluding hydrogens is 220 g/mol. The zero-order valence-corrected chi connectivity index (χ0v) is 10.3. The molecule has 6 nitrogen and oxygen atoms in total. The number of nitrogens with one attached hydrogen (secondary N) is 1. The number of nitro groups is 1. The largest absolute Gasteiger partial charge is 0.364 e. The van der Waals surface area contributed by atoms with Crippen LogP contribution in [0.3, 0.4) is 0 Å². The van der Waals surface area contributed by atoms with Crippen molar-refractivity contribution in [2.75, 3.05) is 11.9 Å². The molecular formula is C11H18N4O2. The molecule has 0 amide bonds. The van der Waals surface area contributed by atoms with Gasteiger partial charge in [0, 0.05) is 13.6 Å². The second-order valence-electron chi connectivity index (χ2n) is 3.78. The van der Waals surface area contributed by atoms with Crippen LogP contribution in [0, 0.1) is 10.1 Å². The lowest BCUT2D eigenvalue weighted by Gasteiger charge is -2.03. The van der Waals surface area contributed by atoms with E-state index in [0.717, 1.165) is 12.8 Å². The molecule has 0 bridgehead atoms. The summed E-state index contributed by atoms with van der Waals surface area (Å²) in [5, 5.41) is 18.3. The Labute approximate surface area is 100 Å². The smallest absolute Gasteiger partial charge is 0.333 e. The van der Waals surface area contributed by atoms with Gasteiger partial charge in [-0.3, -0.25) is 10.1 Å². The predicted molar refractivity (Wildman–Crippen MR) is 67.2 cm³/mol. The van der Waals surface area contributed by atoms with E-state index in [2.05, 4.69) is 17.0 Å². The number of hydrogen-bond acceptors (Lipinski definition) is 4. The van der Waals surface area contributed by atoms with Crippen LogP contribution in [0.2, 0.25) is 0 Å². The minimum Gasteiger partial charge on any atom is -0.364 e. The Balaban J connectivity index is 3.00. The first-order valence-electron chi connectivity index (χ1n) is 5.66. The summed E-state index contributed by atoms with van der Waals surface area (Å²) >= 11 is 0. The molecule has 17 heavy (non-hydrogen) atoms. The lowest BCUT2D eigenvalue weighted by Crippen LogP contribution is -2.07. The molecule has 0 radical (unpaired) electrons. The van der Waals surface area contributed by atoms with Gasteiger partial charge in [-0.15, -0.1) is 6.58 Å². The van der Waals surface area contributed by atoms with Crippen molar-refractivity contribution < 1.29 is 4.92 Å². The van der Waals surface area contributed by atoms with Gasteiger partial charge in [0.15, 0.2) is 0 Å². The van der Waals surface area contributed by atoms with E-state index in [1.807, 2.05) is 6.92 Å². The van der Waals surface area contributed by atoms with Crippen molar-refractivity contribution in [2.24, 2.45) is 7.05 Å². The van der Waals surface area contributed by atoms with E-state index >= 15 is 0 Å². The molecule has 6 heteroatoms. The molecule has 0 saturated carbocycles. The van der Waals surface area contributed by atoms with Crippen LogP contribution in [0.25, 0.3) is 0 Å². The fourth-order valence-electron chi connectivity index (χ4n) is 1.66. The summed E-state index contributed by atoms with van der Waals surface area (Å²) in [5.41, 5.74) is 0.638. The molecule has 1 heterocycles. The number of nitrogens with zero attached hydrogens (tertiary/aromatic N) is 3. The van der Waals surface area contributed by atoms with E-state index in [4.69, 9.17) is 0 Å². The van der Waals surface area contributed by atoms with E-state index in [0.29, 0.717) is 24.5 Å². The molecule has 1 rings (SSSR count). The Morgan fingerprint density at radius 2 is 2.35 bits per heavy atom. The quantitative estimate of drug-likeness (QED) is 0.342. The first kappa shape index (κ1) is 13.2. The van der Waals surface area contributed by atoms with E-state index in [9.17, 15) is 10.1 Å². The van der Waals surface area contributed by atoms with Gasteiger partial charge in [0.2, 0.25) is 5.82 Å². The topological polar surface area (TPSA) is 73.0 Å². The summed E-state index contributed by atoms with van der Waals surface area (Å²) in [6, 6.07) is 0. The van der Waals surface area contributed by atoms with E-state index in [1.54, 1.807) is 13.1 Å². The Morgan fingerprint density at radius 1 is 1.65 bits per heavy atom. The predicted octanol–water partition coefficient (Wildman–Crippen LogP) is 2.27. The summed E-state index contributed by atoms with van der Waals surface area (Å²) in [6.45, 7) is 6.21. The van der Waals surface area contributed by atoms with Gasteiger partial charge in [-0.25, -0.2) is 4.68 Å². The van der Waals surface area contributed by atoms with E-state index in [1.165, 1.54) is 4.68 Å². The fraction of sp³-hybridized carbons (Fsp3) is 0.545. The summed E-state index contributed by atoms with van der Waals surface area (Å²) in [4.78, 5) is 10.7. The molecule has 0 unspecified atom stereocenters. The molecule has 0 saturated heterocycles. The van der Waals surface area contributed by atoms with Crippen LogP contribution in [0.4, 0.5) is 11.5 Å². The van der Waals surface area contributed by atoms with Crippen LogP contribution >= 0.6 is 0 Å². The normalized spacial score (nSPS) is 10.2. The fourth-order valence-corrected chi connectivity index (χ4v) is 1.66. The highest BCUT2D eigenvalue weighted by Gasteiger charge is 2.25. The Hall–Kier alpha value is -1.85. The molecule has 0 spiro atoms. The minimum absolute atomic E-state index is 0.0958. The second-order valence-corrected chi connectivity index (χ2v) is 3.78. The standard InChI is InChI=1S/C11H18N4O2/c1-4-6-8-12-11-10(15(16)17)9(7-5-2)13-14(11)3/h4,12H,1,5-8H2,2-3H3. The highest BCUT2D eigenvalue weighted by Crippen LogP contribution is 2.28. The molecule has 1 aromatic rings. The second kappa shape index (κ2) is 6.03. The average molecular weight is 238 g/mol. The number of aromatic nitrogens is 2. The van der Waals surface area contributed by atoms with Crippen molar-refractivity contribution in [1.82, 2.24) is 9.78 Å². The third-order valence-corrected chi connectivity index (χ3v) is 2.40. The van der Waals surface area contributed by atoms with Crippen LogP contribution in [-0.2, 0) is 13.5 Å². The summed E-state index contributed by atoms with van der Waals surface area (Å²) in [5.74, 6) is 0.473. The molecule has 94 valence electrons. The maximum Gasteiger partial charge on any atom is 0.333 e. The van der Waals surface area contributed by atoms with Gasteiger partial charge in [-0.1, -0.05) is 19.4 Å².